The van der Waals surface area contributed by atoms with E-state index in [0.29, 0.717) is 7.11 Å². The number of thiazole rings is 1. The zero-order valence-electron chi connectivity index (χ0n) is 17.2. The third kappa shape index (κ3) is 4.94. The molecule has 1 aromatic carbocycles. The Bertz CT molecular complexity index is 1360. The molecule has 17 heteroatoms. The molecule has 0 aliphatic carbocycles. The average Bonchev–Trinajstić information content (AvgIpc) is 3.50. The van der Waals surface area contributed by atoms with E-state index in [1.54, 1.807) is 5.32 Å². The molecular weight excluding hydrogens is 521 g/mol. The van der Waals surface area contributed by atoms with Gasteiger partial charge < -0.3 is 19.8 Å². The van der Waals surface area contributed by atoms with Crippen LogP contribution in [-0.4, -0.2) is 49.2 Å². The monoisotopic (exact) mass is 534 g/mol. The van der Waals surface area contributed by atoms with Gasteiger partial charge in [-0.2, -0.15) is 13.2 Å². The lowest BCUT2D eigenvalue weighted by molar-refractivity contribution is -0.384. The number of benzene rings is 1. The highest BCUT2D eigenvalue weighted by atomic mass is 32.2. The van der Waals surface area contributed by atoms with Gasteiger partial charge in [-0.05, 0) is 24.3 Å². The fourth-order valence-electron chi connectivity index (χ4n) is 2.65. The second kappa shape index (κ2) is 9.34. The van der Waals surface area contributed by atoms with Gasteiger partial charge in [0.05, 0.1) is 29.4 Å². The van der Waals surface area contributed by atoms with Gasteiger partial charge in [0.1, 0.15) is 4.21 Å². The minimum atomic E-state index is -5.49. The summed E-state index contributed by atoms with van der Waals surface area (Å²) < 4.78 is 76.3. The van der Waals surface area contributed by atoms with Gasteiger partial charge in [-0.1, -0.05) is 11.3 Å². The molecule has 0 bridgehead atoms. The van der Waals surface area contributed by atoms with Gasteiger partial charge in [0, 0.05) is 12.1 Å². The molecule has 0 fully saturated rings. The van der Waals surface area contributed by atoms with Gasteiger partial charge in [-0.3, -0.25) is 14.9 Å². The number of furan rings is 1. The van der Waals surface area contributed by atoms with Crippen LogP contribution in [0.25, 0.3) is 0 Å². The summed E-state index contributed by atoms with van der Waals surface area (Å²) in [5, 5.41) is 13.2. The van der Waals surface area contributed by atoms with Gasteiger partial charge in [-0.25, -0.2) is 18.2 Å². The molecule has 2 aromatic heterocycles. The molecule has 0 saturated carbocycles. The highest BCUT2D eigenvalue weighted by molar-refractivity contribution is 7.93. The van der Waals surface area contributed by atoms with Gasteiger partial charge in [-0.15, -0.1) is 0 Å². The fraction of sp³-hybridized carbons (Fsp3) is 0.167. The summed E-state index contributed by atoms with van der Waals surface area (Å²) in [6, 6.07) is 6.03. The van der Waals surface area contributed by atoms with Crippen molar-refractivity contribution in [2.45, 2.75) is 20.9 Å². The number of ether oxygens (including phenoxy) is 1. The van der Waals surface area contributed by atoms with Crippen molar-refractivity contribution in [3.8, 4) is 0 Å². The first-order valence-corrected chi connectivity index (χ1v) is 11.4. The molecule has 12 nitrogen and oxygen atoms in total. The van der Waals surface area contributed by atoms with Crippen molar-refractivity contribution in [2.75, 3.05) is 12.4 Å². The number of esters is 1. The Hall–Kier alpha value is -3.99. The molecule has 0 aliphatic heterocycles. The number of non-ortho nitro benzene ring substituents is 1. The molecular formula is C18H13F3N4O8S2. The van der Waals surface area contributed by atoms with Crippen molar-refractivity contribution in [3.05, 3.63) is 64.7 Å². The lowest BCUT2D eigenvalue weighted by Gasteiger charge is -2.33. The predicted molar refractivity (Wildman–Crippen MR) is 111 cm³/mol. The SMILES string of the molecule is COC(=O)C(NC(=O)c1ccco1)(Nc1ncc(S(=O)(=O)c2ccc([N+](=O)[O-])cc2)s1)C(F)(F)F. The number of nitrogens with zero attached hydrogens (tertiary/aromatic N) is 2. The van der Waals surface area contributed by atoms with Crippen LogP contribution in [0.2, 0.25) is 0 Å². The molecule has 35 heavy (non-hydrogen) atoms. The number of anilines is 1. The van der Waals surface area contributed by atoms with E-state index in [1.165, 1.54) is 11.4 Å². The number of halogens is 3. The van der Waals surface area contributed by atoms with Gasteiger partial charge >= 0.3 is 17.8 Å². The van der Waals surface area contributed by atoms with E-state index in [-0.39, 0.29) is 21.9 Å². The van der Waals surface area contributed by atoms with Crippen molar-refractivity contribution in [1.29, 1.82) is 0 Å². The smallest absolute Gasteiger partial charge is 0.442 e. The fourth-order valence-corrected chi connectivity index (χ4v) is 5.14. The first-order valence-electron chi connectivity index (χ1n) is 9.06. The lowest BCUT2D eigenvalue weighted by Crippen LogP contribution is -2.69. The highest BCUT2D eigenvalue weighted by Crippen LogP contribution is 2.36. The van der Waals surface area contributed by atoms with E-state index in [9.17, 15) is 41.3 Å². The van der Waals surface area contributed by atoms with E-state index in [0.717, 1.165) is 42.8 Å². The molecule has 1 amide bonds. The number of aromatic nitrogens is 1. The zero-order valence-corrected chi connectivity index (χ0v) is 18.9. The van der Waals surface area contributed by atoms with Crippen molar-refractivity contribution < 1.29 is 45.3 Å². The number of nitro groups is 1. The number of nitro benzene ring substituents is 1. The normalized spacial score (nSPS) is 13.5. The number of alkyl halides is 3. The van der Waals surface area contributed by atoms with E-state index < -0.39 is 53.6 Å². The standard InChI is InChI=1S/C18H13F3N4O8S2/c1-32-15(27)17(18(19,20)21,23-14(26)12-3-2-8-33-12)24-16-22-9-13(34-16)35(30,31)11-6-4-10(5-7-11)25(28)29/h2-9H,1H3,(H,22,24)(H,23,26). The third-order valence-electron chi connectivity index (χ3n) is 4.36. The van der Waals surface area contributed by atoms with E-state index >= 15 is 0 Å². The lowest BCUT2D eigenvalue weighted by atomic mass is 10.1. The first kappa shape index (κ1) is 25.6. The predicted octanol–water partition coefficient (Wildman–Crippen LogP) is 2.75. The number of carbonyl (C=O) groups excluding carboxylic acids is 2. The van der Waals surface area contributed by atoms with Crippen LogP contribution in [0.4, 0.5) is 24.0 Å². The van der Waals surface area contributed by atoms with Crippen LogP contribution in [0.5, 0.6) is 0 Å². The van der Waals surface area contributed by atoms with E-state index in [2.05, 4.69) is 9.72 Å². The second-order valence-electron chi connectivity index (χ2n) is 6.53. The van der Waals surface area contributed by atoms with Crippen LogP contribution < -0.4 is 10.6 Å². The largest absolute Gasteiger partial charge is 0.466 e. The molecule has 0 aliphatic rings. The maximum absolute atomic E-state index is 14.1. The molecule has 1 atom stereocenters. The first-order chi connectivity index (χ1) is 16.3. The maximum atomic E-state index is 14.1. The number of amides is 1. The second-order valence-corrected chi connectivity index (χ2v) is 9.74. The number of sulfone groups is 1. The molecule has 3 rings (SSSR count). The van der Waals surface area contributed by atoms with Crippen LogP contribution in [0.15, 0.2) is 62.4 Å². The van der Waals surface area contributed by atoms with E-state index in [1.807, 2.05) is 0 Å². The number of methoxy groups -OCH3 is 1. The van der Waals surface area contributed by atoms with Crippen molar-refractivity contribution in [3.63, 3.8) is 0 Å². The summed E-state index contributed by atoms with van der Waals surface area (Å²) in [6.07, 6.45) is -3.76. The minimum absolute atomic E-state index is 0.214. The minimum Gasteiger partial charge on any atom is -0.466 e. The van der Waals surface area contributed by atoms with Crippen molar-refractivity contribution in [1.82, 2.24) is 10.3 Å². The van der Waals surface area contributed by atoms with Crippen LogP contribution in [0.1, 0.15) is 10.6 Å². The molecule has 3 aromatic rings. The number of rotatable bonds is 8. The Morgan fingerprint density at radius 2 is 1.86 bits per heavy atom. The number of carbonyl (C=O) groups is 2. The molecule has 2 heterocycles. The molecule has 0 saturated heterocycles. The van der Waals surface area contributed by atoms with Crippen molar-refractivity contribution >= 4 is 43.9 Å². The van der Waals surface area contributed by atoms with Gasteiger partial charge in [0.25, 0.3) is 11.6 Å². The molecule has 186 valence electrons. The average molecular weight is 534 g/mol. The van der Waals surface area contributed by atoms with E-state index in [4.69, 9.17) is 4.42 Å². The number of hydrogen-bond acceptors (Lipinski definition) is 11. The Morgan fingerprint density at radius 1 is 1.20 bits per heavy atom. The Labute approximate surface area is 197 Å². The number of hydrogen-bond donors (Lipinski definition) is 2. The summed E-state index contributed by atoms with van der Waals surface area (Å²) in [7, 11) is -3.69. The quantitative estimate of drug-likeness (QED) is 0.189. The van der Waals surface area contributed by atoms with Gasteiger partial charge in [0.15, 0.2) is 10.9 Å². The van der Waals surface area contributed by atoms with Crippen LogP contribution in [-0.2, 0) is 19.4 Å². The van der Waals surface area contributed by atoms with Gasteiger partial charge in [0.2, 0.25) is 9.84 Å². The Morgan fingerprint density at radius 3 is 2.37 bits per heavy atom. The maximum Gasteiger partial charge on any atom is 0.442 e. The summed E-state index contributed by atoms with van der Waals surface area (Å²) >= 11 is 0.214. The summed E-state index contributed by atoms with van der Waals surface area (Å²) in [5.41, 5.74) is -4.24. The Balaban J connectivity index is 1.98. The third-order valence-corrected chi connectivity index (χ3v) is 7.51. The summed E-state index contributed by atoms with van der Waals surface area (Å²) in [4.78, 5) is 37.7. The molecule has 0 spiro atoms. The molecule has 0 radical (unpaired) electrons. The highest BCUT2D eigenvalue weighted by Gasteiger charge is 2.64. The molecule has 2 N–H and O–H groups in total. The van der Waals surface area contributed by atoms with Crippen LogP contribution in [0.3, 0.4) is 0 Å². The summed E-state index contributed by atoms with van der Waals surface area (Å²) in [6.45, 7) is 0. The Kier molecular flexibility index (Phi) is 6.84. The van der Waals surface area contributed by atoms with Crippen LogP contribution in [0, 0.1) is 10.1 Å². The summed E-state index contributed by atoms with van der Waals surface area (Å²) in [5.74, 6) is -3.95. The topological polar surface area (TPSA) is 171 Å². The number of nitrogens with one attached hydrogen (secondary N) is 2. The van der Waals surface area contributed by atoms with Crippen molar-refractivity contribution in [2.24, 2.45) is 0 Å². The zero-order chi connectivity index (χ0) is 26.0. The molecule has 1 unspecified atom stereocenters. The van der Waals surface area contributed by atoms with Crippen LogP contribution >= 0.6 is 11.3 Å².